The molecule has 0 fully saturated rings. The number of aromatic nitrogens is 1. The first-order chi connectivity index (χ1) is 10.0. The maximum atomic E-state index is 10.6. The fourth-order valence-corrected chi connectivity index (χ4v) is 2.74. The van der Waals surface area contributed by atoms with E-state index in [1.54, 1.807) is 0 Å². The van der Waals surface area contributed by atoms with Crippen molar-refractivity contribution in [2.24, 2.45) is 0 Å². The number of hydrogen-bond acceptors (Lipinski definition) is 1. The summed E-state index contributed by atoms with van der Waals surface area (Å²) >= 11 is 0. The number of rotatable bonds is 3. The van der Waals surface area contributed by atoms with E-state index in [0.717, 1.165) is 38.9 Å². The zero-order valence-electron chi connectivity index (χ0n) is 12.4. The number of aryl methyl sites for hydroxylation is 1. The van der Waals surface area contributed by atoms with E-state index in [2.05, 4.69) is 23.7 Å². The van der Waals surface area contributed by atoms with Crippen molar-refractivity contribution in [2.45, 2.75) is 20.3 Å². The van der Waals surface area contributed by atoms with Gasteiger partial charge in [-0.3, -0.25) is 0 Å². The Kier molecular flexibility index (Phi) is 3.30. The van der Waals surface area contributed by atoms with Crippen LogP contribution < -0.4 is 0 Å². The van der Waals surface area contributed by atoms with Gasteiger partial charge in [-0.25, -0.2) is 0 Å². The van der Waals surface area contributed by atoms with Crippen LogP contribution in [0, 0.1) is 6.92 Å². The van der Waals surface area contributed by atoms with E-state index in [0.29, 0.717) is 12.2 Å². The Balaban J connectivity index is 2.17. The van der Waals surface area contributed by atoms with Gasteiger partial charge >= 0.3 is 0 Å². The van der Waals surface area contributed by atoms with Crippen molar-refractivity contribution >= 4 is 10.9 Å². The van der Waals surface area contributed by atoms with Gasteiger partial charge in [0.15, 0.2) is 0 Å². The van der Waals surface area contributed by atoms with Gasteiger partial charge in [0.1, 0.15) is 5.75 Å². The number of aromatic amines is 1. The van der Waals surface area contributed by atoms with Crippen LogP contribution >= 0.6 is 0 Å². The van der Waals surface area contributed by atoms with Crippen molar-refractivity contribution in [3.8, 4) is 17.0 Å². The van der Waals surface area contributed by atoms with Crippen molar-refractivity contribution in [3.05, 3.63) is 65.7 Å². The van der Waals surface area contributed by atoms with E-state index < -0.39 is 0 Å². The van der Waals surface area contributed by atoms with E-state index >= 15 is 0 Å². The highest BCUT2D eigenvalue weighted by Crippen LogP contribution is 2.35. The van der Waals surface area contributed by atoms with Crippen LogP contribution in [0.5, 0.6) is 5.75 Å². The smallest absolute Gasteiger partial charge is 0.128 e. The summed E-state index contributed by atoms with van der Waals surface area (Å²) in [6.07, 6.45) is 0.695. The van der Waals surface area contributed by atoms with Gasteiger partial charge in [-0.2, -0.15) is 0 Å². The largest absolute Gasteiger partial charge is 0.507 e. The molecule has 21 heavy (non-hydrogen) atoms. The first-order valence-electron chi connectivity index (χ1n) is 7.09. The number of phenols is 1. The minimum Gasteiger partial charge on any atom is -0.507 e. The lowest BCUT2D eigenvalue weighted by Gasteiger charge is -2.11. The molecule has 2 heteroatoms. The van der Waals surface area contributed by atoms with Crippen LogP contribution in [-0.2, 0) is 6.42 Å². The van der Waals surface area contributed by atoms with Crippen LogP contribution in [0.3, 0.4) is 0 Å². The van der Waals surface area contributed by atoms with Crippen LogP contribution in [-0.4, -0.2) is 10.1 Å². The Morgan fingerprint density at radius 3 is 2.67 bits per heavy atom. The van der Waals surface area contributed by atoms with Crippen molar-refractivity contribution in [3.63, 3.8) is 0 Å². The average molecular weight is 277 g/mol. The molecule has 0 saturated carbocycles. The zero-order chi connectivity index (χ0) is 15.0. The Morgan fingerprint density at radius 1 is 1.19 bits per heavy atom. The molecule has 2 aromatic carbocycles. The summed E-state index contributed by atoms with van der Waals surface area (Å²) < 4.78 is 0. The Labute approximate surface area is 124 Å². The van der Waals surface area contributed by atoms with Gasteiger partial charge in [0.25, 0.3) is 0 Å². The third-order valence-electron chi connectivity index (χ3n) is 3.65. The van der Waals surface area contributed by atoms with Crippen molar-refractivity contribution < 1.29 is 5.11 Å². The number of phenolic OH excluding ortho intramolecular Hbond substituents is 1. The number of nitrogens with one attached hydrogen (secondary N) is 1. The van der Waals surface area contributed by atoms with Gasteiger partial charge in [0.2, 0.25) is 0 Å². The number of benzene rings is 2. The molecule has 106 valence electrons. The lowest BCUT2D eigenvalue weighted by Crippen LogP contribution is -1.91. The summed E-state index contributed by atoms with van der Waals surface area (Å²) in [7, 11) is 0. The number of H-pyrrole nitrogens is 1. The van der Waals surface area contributed by atoms with Gasteiger partial charge in [-0.1, -0.05) is 36.4 Å². The Morgan fingerprint density at radius 2 is 1.95 bits per heavy atom. The average Bonchev–Trinajstić information content (AvgIpc) is 2.85. The topological polar surface area (TPSA) is 36.0 Å². The molecule has 1 aromatic heterocycles. The van der Waals surface area contributed by atoms with E-state index in [-0.39, 0.29) is 0 Å². The molecule has 2 N–H and O–H groups in total. The highest BCUT2D eigenvalue weighted by Gasteiger charge is 2.12. The molecule has 0 amide bonds. The summed E-state index contributed by atoms with van der Waals surface area (Å²) in [5, 5.41) is 11.7. The highest BCUT2D eigenvalue weighted by atomic mass is 16.3. The maximum absolute atomic E-state index is 10.6. The molecule has 0 bridgehead atoms. The van der Waals surface area contributed by atoms with Gasteiger partial charge in [0, 0.05) is 16.5 Å². The molecule has 0 radical (unpaired) electrons. The van der Waals surface area contributed by atoms with E-state index in [9.17, 15) is 5.11 Å². The van der Waals surface area contributed by atoms with Crippen LogP contribution in [0.25, 0.3) is 22.2 Å². The third-order valence-corrected chi connectivity index (χ3v) is 3.65. The summed E-state index contributed by atoms with van der Waals surface area (Å²) in [5.41, 5.74) is 5.98. The van der Waals surface area contributed by atoms with Crippen LogP contribution in [0.1, 0.15) is 18.1 Å². The highest BCUT2D eigenvalue weighted by molar-refractivity contribution is 5.87. The summed E-state index contributed by atoms with van der Waals surface area (Å²) in [5.74, 6) is 0.343. The molecule has 2 nitrogen and oxygen atoms in total. The number of allylic oxidation sites excluding steroid dienone is 1. The lowest BCUT2D eigenvalue weighted by molar-refractivity contribution is 0.471. The zero-order valence-corrected chi connectivity index (χ0v) is 12.4. The molecular formula is C19H19NO. The number of para-hydroxylation sites is 1. The SMILES string of the molecule is C=C(C)Cc1cc(C)cc(-c2cc3ccccc3[nH]2)c1O. The maximum Gasteiger partial charge on any atom is 0.128 e. The minimum atomic E-state index is 0.343. The third kappa shape index (κ3) is 2.57. The Hall–Kier alpha value is -2.48. The molecule has 0 aliphatic heterocycles. The second kappa shape index (κ2) is 5.13. The molecule has 0 atom stereocenters. The van der Waals surface area contributed by atoms with E-state index in [4.69, 9.17) is 0 Å². The Bertz CT molecular complexity index is 794. The summed E-state index contributed by atoms with van der Waals surface area (Å²) in [4.78, 5) is 3.38. The minimum absolute atomic E-state index is 0.343. The van der Waals surface area contributed by atoms with Gasteiger partial charge in [0.05, 0.1) is 5.69 Å². The molecule has 0 saturated heterocycles. The van der Waals surface area contributed by atoms with Crippen molar-refractivity contribution in [2.75, 3.05) is 0 Å². The van der Waals surface area contributed by atoms with Crippen LogP contribution in [0.15, 0.2) is 54.6 Å². The lowest BCUT2D eigenvalue weighted by atomic mass is 9.98. The predicted molar refractivity (Wildman–Crippen MR) is 88.7 cm³/mol. The molecule has 0 aliphatic rings. The standard InChI is InChI=1S/C19H19NO/c1-12(2)8-15-9-13(3)10-16(19(15)21)18-11-14-6-4-5-7-17(14)20-18/h4-7,9-11,20-21H,1,8H2,2-3H3. The second-order valence-electron chi connectivity index (χ2n) is 5.72. The predicted octanol–water partition coefficient (Wildman–Crippen LogP) is 4.97. The molecule has 3 rings (SSSR count). The number of aromatic hydroxyl groups is 1. The second-order valence-corrected chi connectivity index (χ2v) is 5.72. The molecular weight excluding hydrogens is 258 g/mol. The molecule has 3 aromatic rings. The van der Waals surface area contributed by atoms with Crippen molar-refractivity contribution in [1.29, 1.82) is 0 Å². The molecule has 1 heterocycles. The van der Waals surface area contributed by atoms with Gasteiger partial charge in [-0.05, 0) is 49.6 Å². The summed E-state index contributed by atoms with van der Waals surface area (Å²) in [6.45, 7) is 7.97. The summed E-state index contributed by atoms with van der Waals surface area (Å²) in [6, 6.07) is 14.2. The first-order valence-corrected chi connectivity index (χ1v) is 7.09. The van der Waals surface area contributed by atoms with E-state index in [1.165, 1.54) is 0 Å². The molecule has 0 unspecified atom stereocenters. The van der Waals surface area contributed by atoms with Gasteiger partial charge in [-0.15, -0.1) is 0 Å². The monoisotopic (exact) mass is 277 g/mol. The molecule has 0 aliphatic carbocycles. The fraction of sp³-hybridized carbons (Fsp3) is 0.158. The van der Waals surface area contributed by atoms with Gasteiger partial charge < -0.3 is 10.1 Å². The van der Waals surface area contributed by atoms with E-state index in [1.807, 2.05) is 44.2 Å². The first kappa shape index (κ1) is 13.5. The normalized spacial score (nSPS) is 11.0. The quantitative estimate of drug-likeness (QED) is 0.652. The fourth-order valence-electron chi connectivity index (χ4n) is 2.74. The number of fused-ring (bicyclic) bond motifs is 1. The molecule has 0 spiro atoms. The number of hydrogen-bond donors (Lipinski definition) is 2. The van der Waals surface area contributed by atoms with Crippen LogP contribution in [0.4, 0.5) is 0 Å². The van der Waals surface area contributed by atoms with Crippen LogP contribution in [0.2, 0.25) is 0 Å². The van der Waals surface area contributed by atoms with Crippen molar-refractivity contribution in [1.82, 2.24) is 4.98 Å².